The molecule has 2 unspecified atom stereocenters. The molecule has 2 rings (SSSR count). The summed E-state index contributed by atoms with van der Waals surface area (Å²) in [5.74, 6) is 0. The molecule has 22 heavy (non-hydrogen) atoms. The Kier molecular flexibility index (Phi) is 12.8. The molecular weight excluding hydrogens is 312 g/mol. The third-order valence-corrected chi connectivity index (χ3v) is 4.87. The van der Waals surface area contributed by atoms with Gasteiger partial charge in [-0.2, -0.15) is 0 Å². The zero-order valence-corrected chi connectivity index (χ0v) is 15.4. The normalized spacial score (nSPS) is 25.6. The van der Waals surface area contributed by atoms with Gasteiger partial charge in [0.15, 0.2) is 0 Å². The fraction of sp³-hybridized carbons (Fsp3) is 1.00. The van der Waals surface area contributed by atoms with Crippen LogP contribution in [0.2, 0.25) is 0 Å². The SMILES string of the molecule is C(CNCCC1CCCCN1)CNCCC1CCCCN1.[Cr]. The molecule has 5 heteroatoms. The molecule has 0 amide bonds. The molecule has 0 radical (unpaired) electrons. The van der Waals surface area contributed by atoms with E-state index < -0.39 is 0 Å². The Labute approximate surface area is 148 Å². The molecular formula is C17H36CrN4. The molecule has 0 bridgehead atoms. The number of nitrogens with one attached hydrogen (secondary N) is 4. The Morgan fingerprint density at radius 2 is 1.18 bits per heavy atom. The summed E-state index contributed by atoms with van der Waals surface area (Å²) in [6, 6.07) is 1.54. The molecule has 130 valence electrons. The van der Waals surface area contributed by atoms with Crippen molar-refractivity contribution in [3.8, 4) is 0 Å². The molecule has 0 aromatic heterocycles. The van der Waals surface area contributed by atoms with E-state index in [1.165, 1.54) is 84.0 Å². The fourth-order valence-corrected chi connectivity index (χ4v) is 3.48. The first-order chi connectivity index (χ1) is 10.4. The van der Waals surface area contributed by atoms with Crippen LogP contribution in [0.25, 0.3) is 0 Å². The van der Waals surface area contributed by atoms with Crippen molar-refractivity contribution >= 4 is 0 Å². The van der Waals surface area contributed by atoms with Crippen LogP contribution in [0, 0.1) is 0 Å². The number of hydrogen-bond acceptors (Lipinski definition) is 4. The number of rotatable bonds is 10. The van der Waals surface area contributed by atoms with E-state index in [9.17, 15) is 0 Å². The third kappa shape index (κ3) is 9.50. The van der Waals surface area contributed by atoms with Crippen molar-refractivity contribution in [1.29, 1.82) is 0 Å². The Morgan fingerprint density at radius 1 is 0.682 bits per heavy atom. The summed E-state index contributed by atoms with van der Waals surface area (Å²) in [6.07, 6.45) is 12.1. The molecule has 4 N–H and O–H groups in total. The van der Waals surface area contributed by atoms with Gasteiger partial charge in [-0.25, -0.2) is 0 Å². The van der Waals surface area contributed by atoms with Crippen molar-refractivity contribution in [3.63, 3.8) is 0 Å². The van der Waals surface area contributed by atoms with Gasteiger partial charge in [-0.05, 0) is 84.2 Å². The van der Waals surface area contributed by atoms with E-state index in [1.807, 2.05) is 0 Å². The van der Waals surface area contributed by atoms with Crippen LogP contribution in [0.15, 0.2) is 0 Å². The predicted molar refractivity (Wildman–Crippen MR) is 90.9 cm³/mol. The fourth-order valence-electron chi connectivity index (χ4n) is 3.48. The molecule has 0 saturated carbocycles. The van der Waals surface area contributed by atoms with Gasteiger partial charge in [-0.3, -0.25) is 0 Å². The Hall–Kier alpha value is 0.372. The van der Waals surface area contributed by atoms with Crippen LogP contribution in [-0.4, -0.2) is 51.4 Å². The van der Waals surface area contributed by atoms with Gasteiger partial charge in [-0.1, -0.05) is 12.8 Å². The Bertz CT molecular complexity index is 217. The molecule has 2 aliphatic heterocycles. The maximum absolute atomic E-state index is 3.61. The average molecular weight is 348 g/mol. The number of piperidine rings is 2. The van der Waals surface area contributed by atoms with Crippen molar-refractivity contribution < 1.29 is 17.4 Å². The maximum atomic E-state index is 3.61. The van der Waals surface area contributed by atoms with E-state index in [2.05, 4.69) is 21.3 Å². The van der Waals surface area contributed by atoms with Gasteiger partial charge in [0, 0.05) is 29.4 Å². The summed E-state index contributed by atoms with van der Waals surface area (Å²) >= 11 is 0. The van der Waals surface area contributed by atoms with E-state index in [0.717, 1.165) is 25.2 Å². The van der Waals surface area contributed by atoms with Gasteiger partial charge in [0.05, 0.1) is 0 Å². The predicted octanol–water partition coefficient (Wildman–Crippen LogP) is 1.62. The van der Waals surface area contributed by atoms with Gasteiger partial charge in [0.1, 0.15) is 0 Å². The summed E-state index contributed by atoms with van der Waals surface area (Å²) in [7, 11) is 0. The Balaban J connectivity index is 0.00000242. The van der Waals surface area contributed by atoms with E-state index in [0.29, 0.717) is 0 Å². The van der Waals surface area contributed by atoms with Crippen LogP contribution >= 0.6 is 0 Å². The minimum Gasteiger partial charge on any atom is -0.317 e. The average Bonchev–Trinajstić information content (AvgIpc) is 2.55. The minimum absolute atomic E-state index is 0. The molecule has 4 nitrogen and oxygen atoms in total. The van der Waals surface area contributed by atoms with Crippen LogP contribution in [0.4, 0.5) is 0 Å². The van der Waals surface area contributed by atoms with E-state index in [-0.39, 0.29) is 17.4 Å². The number of hydrogen-bond donors (Lipinski definition) is 4. The van der Waals surface area contributed by atoms with E-state index in [4.69, 9.17) is 0 Å². The summed E-state index contributed by atoms with van der Waals surface area (Å²) in [5, 5.41) is 14.4. The quantitative estimate of drug-likeness (QED) is 0.453. The van der Waals surface area contributed by atoms with Gasteiger partial charge < -0.3 is 21.3 Å². The third-order valence-electron chi connectivity index (χ3n) is 4.87. The first-order valence-corrected chi connectivity index (χ1v) is 9.33. The smallest absolute Gasteiger partial charge is 0.00791 e. The molecule has 2 saturated heterocycles. The standard InChI is InChI=1S/C17H36N4.Cr/c1-3-12-20-16(6-1)8-14-18-10-5-11-19-15-9-17-7-2-4-13-21-17;/h16-21H,1-15H2;. The second kappa shape index (κ2) is 13.8. The van der Waals surface area contributed by atoms with Crippen molar-refractivity contribution in [2.45, 2.75) is 69.9 Å². The molecule has 2 aliphatic rings. The van der Waals surface area contributed by atoms with Gasteiger partial charge in [-0.15, -0.1) is 0 Å². The largest absolute Gasteiger partial charge is 0.317 e. The van der Waals surface area contributed by atoms with Crippen LogP contribution in [0.1, 0.15) is 57.8 Å². The van der Waals surface area contributed by atoms with Crippen LogP contribution < -0.4 is 21.3 Å². The van der Waals surface area contributed by atoms with Crippen molar-refractivity contribution in [1.82, 2.24) is 21.3 Å². The van der Waals surface area contributed by atoms with Crippen LogP contribution in [0.5, 0.6) is 0 Å². The zero-order valence-electron chi connectivity index (χ0n) is 14.2. The van der Waals surface area contributed by atoms with Crippen molar-refractivity contribution in [3.05, 3.63) is 0 Å². The van der Waals surface area contributed by atoms with E-state index in [1.54, 1.807) is 0 Å². The minimum atomic E-state index is 0. The van der Waals surface area contributed by atoms with Crippen molar-refractivity contribution in [2.24, 2.45) is 0 Å². The summed E-state index contributed by atoms with van der Waals surface area (Å²) in [6.45, 7) is 7.10. The molecule has 0 aromatic rings. The molecule has 2 heterocycles. The van der Waals surface area contributed by atoms with E-state index >= 15 is 0 Å². The Morgan fingerprint density at radius 3 is 1.59 bits per heavy atom. The molecule has 2 atom stereocenters. The first-order valence-electron chi connectivity index (χ1n) is 9.33. The first kappa shape index (κ1) is 20.4. The van der Waals surface area contributed by atoms with Crippen LogP contribution in [-0.2, 0) is 17.4 Å². The summed E-state index contributed by atoms with van der Waals surface area (Å²) in [5.41, 5.74) is 0. The second-order valence-electron chi connectivity index (χ2n) is 6.72. The zero-order chi connectivity index (χ0) is 14.6. The monoisotopic (exact) mass is 348 g/mol. The topological polar surface area (TPSA) is 48.1 Å². The van der Waals surface area contributed by atoms with Gasteiger partial charge in [0.2, 0.25) is 0 Å². The molecule has 0 aliphatic carbocycles. The summed E-state index contributed by atoms with van der Waals surface area (Å²) in [4.78, 5) is 0. The molecule has 0 aromatic carbocycles. The molecule has 0 spiro atoms. The maximum Gasteiger partial charge on any atom is 0.00791 e. The van der Waals surface area contributed by atoms with Crippen LogP contribution in [0.3, 0.4) is 0 Å². The summed E-state index contributed by atoms with van der Waals surface area (Å²) < 4.78 is 0. The van der Waals surface area contributed by atoms with Gasteiger partial charge in [0.25, 0.3) is 0 Å². The molecule has 2 fully saturated rings. The second-order valence-corrected chi connectivity index (χ2v) is 6.72. The van der Waals surface area contributed by atoms with Gasteiger partial charge >= 0.3 is 0 Å². The van der Waals surface area contributed by atoms with Crippen molar-refractivity contribution in [2.75, 3.05) is 39.3 Å².